The topological polar surface area (TPSA) is 74.5 Å². The van der Waals surface area contributed by atoms with Crippen molar-refractivity contribution in [2.24, 2.45) is 5.11 Å². The van der Waals surface area contributed by atoms with Crippen molar-refractivity contribution in [1.29, 1.82) is 0 Å². The molecule has 5 heteroatoms. The van der Waals surface area contributed by atoms with Gasteiger partial charge in [0, 0.05) is 17.3 Å². The maximum Gasteiger partial charge on any atom is 0.0889 e. The number of azide groups is 1. The summed E-state index contributed by atoms with van der Waals surface area (Å²) in [6, 6.07) is 5.62. The fraction of sp³-hybridized carbons (Fsp3) is 0.111. The normalized spacial score (nSPS) is 9.71. The van der Waals surface area contributed by atoms with E-state index in [2.05, 4.69) is 20.0 Å². The fourth-order valence-corrected chi connectivity index (χ4v) is 1.22. The smallest absolute Gasteiger partial charge is 0.0889 e. The van der Waals surface area contributed by atoms with Crippen molar-refractivity contribution in [3.8, 4) is 0 Å². The highest BCUT2D eigenvalue weighted by molar-refractivity contribution is 5.74. The SMILES string of the molecule is [N-]=[N+]=NCc1ccc2nccnc2c1. The number of hydrogen-bond donors (Lipinski definition) is 0. The minimum Gasteiger partial charge on any atom is -0.253 e. The molecule has 14 heavy (non-hydrogen) atoms. The van der Waals surface area contributed by atoms with Crippen LogP contribution in [-0.2, 0) is 6.54 Å². The van der Waals surface area contributed by atoms with Crippen LogP contribution in [0.1, 0.15) is 5.56 Å². The number of fused-ring (bicyclic) bond motifs is 1. The summed E-state index contributed by atoms with van der Waals surface area (Å²) in [6.45, 7) is 0.350. The van der Waals surface area contributed by atoms with E-state index in [1.54, 1.807) is 12.4 Å². The Morgan fingerprint density at radius 1 is 1.21 bits per heavy atom. The molecule has 0 fully saturated rings. The van der Waals surface area contributed by atoms with Crippen molar-refractivity contribution >= 4 is 11.0 Å². The van der Waals surface area contributed by atoms with E-state index >= 15 is 0 Å². The summed E-state index contributed by atoms with van der Waals surface area (Å²) in [7, 11) is 0. The molecule has 0 aliphatic heterocycles. The van der Waals surface area contributed by atoms with Crippen LogP contribution in [0, 0.1) is 0 Å². The zero-order chi connectivity index (χ0) is 9.80. The molecule has 0 aliphatic rings. The van der Waals surface area contributed by atoms with Crippen LogP contribution in [0.5, 0.6) is 0 Å². The molecule has 0 atom stereocenters. The Morgan fingerprint density at radius 3 is 2.79 bits per heavy atom. The lowest BCUT2D eigenvalue weighted by molar-refractivity contribution is 1.05. The Hall–Kier alpha value is -2.13. The van der Waals surface area contributed by atoms with Crippen LogP contribution in [0.2, 0.25) is 0 Å². The molecule has 2 aromatic rings. The molecule has 0 spiro atoms. The summed E-state index contributed by atoms with van der Waals surface area (Å²) in [6.07, 6.45) is 3.29. The van der Waals surface area contributed by atoms with E-state index in [-0.39, 0.29) is 0 Å². The first-order valence-corrected chi connectivity index (χ1v) is 4.10. The third-order valence-electron chi connectivity index (χ3n) is 1.85. The van der Waals surface area contributed by atoms with Crippen LogP contribution >= 0.6 is 0 Å². The van der Waals surface area contributed by atoms with Gasteiger partial charge in [0.05, 0.1) is 17.6 Å². The summed E-state index contributed by atoms with van der Waals surface area (Å²) in [5, 5.41) is 3.48. The summed E-state index contributed by atoms with van der Waals surface area (Å²) in [4.78, 5) is 11.0. The van der Waals surface area contributed by atoms with Crippen molar-refractivity contribution in [1.82, 2.24) is 9.97 Å². The predicted molar refractivity (Wildman–Crippen MR) is 52.4 cm³/mol. The van der Waals surface area contributed by atoms with Gasteiger partial charge in [-0.15, -0.1) is 0 Å². The van der Waals surface area contributed by atoms with Crippen LogP contribution in [0.15, 0.2) is 35.7 Å². The van der Waals surface area contributed by atoms with Crippen molar-refractivity contribution < 1.29 is 0 Å². The number of rotatable bonds is 2. The van der Waals surface area contributed by atoms with Crippen LogP contribution in [-0.4, -0.2) is 9.97 Å². The van der Waals surface area contributed by atoms with Gasteiger partial charge in [-0.2, -0.15) is 0 Å². The zero-order valence-corrected chi connectivity index (χ0v) is 7.33. The van der Waals surface area contributed by atoms with Gasteiger partial charge in [0.2, 0.25) is 0 Å². The number of benzene rings is 1. The first-order chi connectivity index (χ1) is 6.90. The zero-order valence-electron chi connectivity index (χ0n) is 7.33. The third kappa shape index (κ3) is 1.62. The fourth-order valence-electron chi connectivity index (χ4n) is 1.22. The summed E-state index contributed by atoms with van der Waals surface area (Å²) < 4.78 is 0. The summed E-state index contributed by atoms with van der Waals surface area (Å²) >= 11 is 0. The number of nitrogens with zero attached hydrogens (tertiary/aromatic N) is 5. The maximum atomic E-state index is 8.17. The third-order valence-corrected chi connectivity index (χ3v) is 1.85. The lowest BCUT2D eigenvalue weighted by atomic mass is 10.2. The Morgan fingerprint density at radius 2 is 2.00 bits per heavy atom. The second-order valence-electron chi connectivity index (χ2n) is 2.77. The van der Waals surface area contributed by atoms with Gasteiger partial charge < -0.3 is 0 Å². The molecule has 0 bridgehead atoms. The van der Waals surface area contributed by atoms with E-state index in [0.717, 1.165) is 16.6 Å². The molecule has 0 unspecified atom stereocenters. The first-order valence-electron chi connectivity index (χ1n) is 4.10. The summed E-state index contributed by atoms with van der Waals surface area (Å²) in [5.41, 5.74) is 10.8. The van der Waals surface area contributed by atoms with E-state index in [1.807, 2.05) is 18.2 Å². The standard InChI is InChI=1S/C9H7N5/c10-14-13-6-7-1-2-8-9(5-7)12-4-3-11-8/h1-5H,6H2. The van der Waals surface area contributed by atoms with E-state index in [4.69, 9.17) is 5.53 Å². The molecule has 68 valence electrons. The van der Waals surface area contributed by atoms with Gasteiger partial charge in [-0.05, 0) is 23.2 Å². The molecule has 0 amide bonds. The minimum atomic E-state index is 0.350. The van der Waals surface area contributed by atoms with Crippen LogP contribution < -0.4 is 0 Å². The van der Waals surface area contributed by atoms with Crippen molar-refractivity contribution in [2.45, 2.75) is 6.54 Å². The highest BCUT2D eigenvalue weighted by atomic mass is 15.1. The average Bonchev–Trinajstić information content (AvgIpc) is 2.26. The average molecular weight is 185 g/mol. The molecule has 1 aromatic heterocycles. The Labute approximate surface area is 80.1 Å². The Bertz CT molecular complexity index is 501. The summed E-state index contributed by atoms with van der Waals surface area (Å²) in [5.74, 6) is 0. The Balaban J connectivity index is 2.45. The van der Waals surface area contributed by atoms with Gasteiger partial charge in [-0.1, -0.05) is 11.2 Å². The molecule has 0 aliphatic carbocycles. The Kier molecular flexibility index (Phi) is 2.25. The molecule has 1 aromatic carbocycles. The van der Waals surface area contributed by atoms with Crippen LogP contribution in [0.4, 0.5) is 0 Å². The lowest BCUT2D eigenvalue weighted by Crippen LogP contribution is -1.85. The molecular formula is C9H7N5. The quantitative estimate of drug-likeness (QED) is 0.409. The van der Waals surface area contributed by atoms with E-state index in [0.29, 0.717) is 6.54 Å². The van der Waals surface area contributed by atoms with Crippen LogP contribution in [0.25, 0.3) is 21.5 Å². The van der Waals surface area contributed by atoms with Gasteiger partial charge in [0.25, 0.3) is 0 Å². The van der Waals surface area contributed by atoms with Gasteiger partial charge in [-0.25, -0.2) is 0 Å². The van der Waals surface area contributed by atoms with Crippen molar-refractivity contribution in [3.63, 3.8) is 0 Å². The van der Waals surface area contributed by atoms with E-state index < -0.39 is 0 Å². The molecule has 0 saturated heterocycles. The van der Waals surface area contributed by atoms with Crippen LogP contribution in [0.3, 0.4) is 0 Å². The molecule has 1 heterocycles. The molecule has 5 nitrogen and oxygen atoms in total. The van der Waals surface area contributed by atoms with E-state index in [1.165, 1.54) is 0 Å². The monoisotopic (exact) mass is 185 g/mol. The van der Waals surface area contributed by atoms with Gasteiger partial charge >= 0.3 is 0 Å². The molecular weight excluding hydrogens is 178 g/mol. The number of hydrogen-bond acceptors (Lipinski definition) is 3. The highest BCUT2D eigenvalue weighted by Crippen LogP contribution is 2.11. The van der Waals surface area contributed by atoms with E-state index in [9.17, 15) is 0 Å². The number of aromatic nitrogens is 2. The van der Waals surface area contributed by atoms with Crippen molar-refractivity contribution in [2.75, 3.05) is 0 Å². The predicted octanol–water partition coefficient (Wildman–Crippen LogP) is 2.44. The van der Waals surface area contributed by atoms with Gasteiger partial charge in [-0.3, -0.25) is 9.97 Å². The minimum absolute atomic E-state index is 0.350. The lowest BCUT2D eigenvalue weighted by Gasteiger charge is -1.97. The molecule has 0 saturated carbocycles. The molecule has 0 N–H and O–H groups in total. The van der Waals surface area contributed by atoms with Crippen molar-refractivity contribution in [3.05, 3.63) is 46.6 Å². The van der Waals surface area contributed by atoms with Gasteiger partial charge in [0.15, 0.2) is 0 Å². The molecule has 0 radical (unpaired) electrons. The second-order valence-corrected chi connectivity index (χ2v) is 2.77. The second kappa shape index (κ2) is 3.72. The largest absolute Gasteiger partial charge is 0.253 e. The maximum absolute atomic E-state index is 8.17. The first kappa shape index (κ1) is 8.47. The van der Waals surface area contributed by atoms with Gasteiger partial charge in [0.1, 0.15) is 0 Å². The molecule has 2 rings (SSSR count). The highest BCUT2D eigenvalue weighted by Gasteiger charge is 1.96.